The number of methoxy groups -OCH3 is 2. The summed E-state index contributed by atoms with van der Waals surface area (Å²) in [6, 6.07) is 6.37. The van der Waals surface area contributed by atoms with E-state index in [1.165, 1.54) is 14.2 Å². The number of phenolic OH excluding ortho intramolecular Hbond substituents is 1. The predicted molar refractivity (Wildman–Crippen MR) is 85.8 cm³/mol. The molecule has 0 fully saturated rings. The first-order chi connectivity index (χ1) is 10.4. The van der Waals surface area contributed by atoms with Gasteiger partial charge in [0.05, 0.1) is 29.8 Å². The molecule has 22 heavy (non-hydrogen) atoms. The lowest BCUT2D eigenvalue weighted by Gasteiger charge is -2.15. The molecule has 0 unspecified atom stereocenters. The number of aromatic hydroxyl groups is 1. The number of hydrogen-bond acceptors (Lipinski definition) is 4. The van der Waals surface area contributed by atoms with Gasteiger partial charge in [0, 0.05) is 5.56 Å². The summed E-state index contributed by atoms with van der Waals surface area (Å²) in [5.41, 5.74) is 0.845. The summed E-state index contributed by atoms with van der Waals surface area (Å²) in [6.45, 7) is 1.69. The minimum atomic E-state index is -0.441. The van der Waals surface area contributed by atoms with Crippen molar-refractivity contribution in [1.29, 1.82) is 0 Å². The van der Waals surface area contributed by atoms with Crippen LogP contribution in [0.4, 0.5) is 0 Å². The smallest absolute Gasteiger partial charge is 0.203 e. The van der Waals surface area contributed by atoms with Gasteiger partial charge in [0.2, 0.25) is 5.75 Å². The SMILES string of the molecule is COc1cc(C)c(C(=O)c2cccc(Cl)c2Cl)c(O)c1OC. The lowest BCUT2D eigenvalue weighted by Crippen LogP contribution is -2.07. The number of aryl methyl sites for hydroxylation is 1. The van der Waals surface area contributed by atoms with Gasteiger partial charge < -0.3 is 14.6 Å². The highest BCUT2D eigenvalue weighted by Gasteiger charge is 2.25. The molecule has 4 nitrogen and oxygen atoms in total. The third-order valence-corrected chi connectivity index (χ3v) is 4.08. The van der Waals surface area contributed by atoms with Crippen molar-refractivity contribution in [1.82, 2.24) is 0 Å². The molecule has 0 aliphatic rings. The van der Waals surface area contributed by atoms with Crippen LogP contribution in [0.15, 0.2) is 24.3 Å². The minimum Gasteiger partial charge on any atom is -0.504 e. The molecule has 0 spiro atoms. The van der Waals surface area contributed by atoms with E-state index in [0.29, 0.717) is 11.3 Å². The maximum atomic E-state index is 12.7. The second kappa shape index (κ2) is 6.46. The van der Waals surface area contributed by atoms with Crippen LogP contribution in [0, 0.1) is 6.92 Å². The molecule has 6 heteroatoms. The molecule has 1 N–H and O–H groups in total. The van der Waals surface area contributed by atoms with Crippen molar-refractivity contribution in [2.24, 2.45) is 0 Å². The van der Waals surface area contributed by atoms with E-state index in [2.05, 4.69) is 0 Å². The first kappa shape index (κ1) is 16.5. The monoisotopic (exact) mass is 340 g/mol. The third kappa shape index (κ3) is 2.72. The van der Waals surface area contributed by atoms with Crippen LogP contribution in [0.1, 0.15) is 21.5 Å². The van der Waals surface area contributed by atoms with Crippen molar-refractivity contribution < 1.29 is 19.4 Å². The fraction of sp³-hybridized carbons (Fsp3) is 0.188. The Hall–Kier alpha value is -1.91. The first-order valence-electron chi connectivity index (χ1n) is 6.35. The Kier molecular flexibility index (Phi) is 4.84. The van der Waals surface area contributed by atoms with Gasteiger partial charge in [-0.3, -0.25) is 4.79 Å². The highest BCUT2D eigenvalue weighted by atomic mass is 35.5. The van der Waals surface area contributed by atoms with Crippen LogP contribution in [0.5, 0.6) is 17.2 Å². The van der Waals surface area contributed by atoms with E-state index in [1.54, 1.807) is 31.2 Å². The molecule has 0 heterocycles. The summed E-state index contributed by atoms with van der Waals surface area (Å²) in [4.78, 5) is 12.7. The number of ketones is 1. The molecule has 0 aromatic heterocycles. The fourth-order valence-electron chi connectivity index (χ4n) is 2.20. The van der Waals surface area contributed by atoms with E-state index in [4.69, 9.17) is 32.7 Å². The van der Waals surface area contributed by atoms with Gasteiger partial charge in [-0.2, -0.15) is 0 Å². The maximum Gasteiger partial charge on any atom is 0.203 e. The molecule has 0 saturated heterocycles. The first-order valence-corrected chi connectivity index (χ1v) is 7.11. The second-order valence-corrected chi connectivity index (χ2v) is 5.37. The molecule has 2 aromatic carbocycles. The summed E-state index contributed by atoms with van der Waals surface area (Å²) in [7, 11) is 2.83. The van der Waals surface area contributed by atoms with Crippen molar-refractivity contribution in [3.8, 4) is 17.2 Å². The third-order valence-electron chi connectivity index (χ3n) is 3.26. The van der Waals surface area contributed by atoms with Gasteiger partial charge in [-0.15, -0.1) is 0 Å². The van der Waals surface area contributed by atoms with E-state index in [0.717, 1.165) is 0 Å². The average molecular weight is 341 g/mol. The van der Waals surface area contributed by atoms with Crippen molar-refractivity contribution in [3.05, 3.63) is 51.0 Å². The highest BCUT2D eigenvalue weighted by Crippen LogP contribution is 2.42. The van der Waals surface area contributed by atoms with Crippen molar-refractivity contribution in [2.75, 3.05) is 14.2 Å². The molecule has 0 aliphatic carbocycles. The number of carbonyl (C=O) groups excluding carboxylic acids is 1. The quantitative estimate of drug-likeness (QED) is 0.845. The normalized spacial score (nSPS) is 10.4. The molecule has 2 aromatic rings. The number of rotatable bonds is 4. The Labute approximate surface area is 138 Å². The van der Waals surface area contributed by atoms with E-state index in [1.807, 2.05) is 0 Å². The topological polar surface area (TPSA) is 55.8 Å². The lowest BCUT2D eigenvalue weighted by atomic mass is 9.97. The number of halogens is 2. The van der Waals surface area contributed by atoms with Crippen LogP contribution in [0.25, 0.3) is 0 Å². The molecule has 0 radical (unpaired) electrons. The Morgan fingerprint density at radius 1 is 1.18 bits per heavy atom. The van der Waals surface area contributed by atoms with Crippen LogP contribution in [0.3, 0.4) is 0 Å². The van der Waals surface area contributed by atoms with Gasteiger partial charge in [0.1, 0.15) is 0 Å². The maximum absolute atomic E-state index is 12.7. The van der Waals surface area contributed by atoms with Crippen molar-refractivity contribution >= 4 is 29.0 Å². The van der Waals surface area contributed by atoms with Crippen LogP contribution in [-0.2, 0) is 0 Å². The zero-order valence-electron chi connectivity index (χ0n) is 12.2. The second-order valence-electron chi connectivity index (χ2n) is 4.58. The number of phenols is 1. The van der Waals surface area contributed by atoms with E-state index < -0.39 is 5.78 Å². The van der Waals surface area contributed by atoms with E-state index in [-0.39, 0.29) is 32.7 Å². The molecule has 0 amide bonds. The van der Waals surface area contributed by atoms with E-state index in [9.17, 15) is 9.90 Å². The molecule has 0 aliphatic heterocycles. The lowest BCUT2D eigenvalue weighted by molar-refractivity contribution is 0.103. The Morgan fingerprint density at radius 2 is 1.86 bits per heavy atom. The Bertz CT molecular complexity index is 741. The summed E-state index contributed by atoms with van der Waals surface area (Å²) in [6.07, 6.45) is 0. The van der Waals surface area contributed by atoms with Crippen molar-refractivity contribution in [3.63, 3.8) is 0 Å². The Morgan fingerprint density at radius 3 is 2.45 bits per heavy atom. The molecule has 116 valence electrons. The van der Waals surface area contributed by atoms with Gasteiger partial charge in [0.15, 0.2) is 17.3 Å². The average Bonchev–Trinajstić information content (AvgIpc) is 2.49. The standard InChI is InChI=1S/C16H14Cl2O4/c1-8-7-11(21-2)16(22-3)15(20)12(8)14(19)9-5-4-6-10(17)13(9)18/h4-7,20H,1-3H3. The van der Waals surface area contributed by atoms with Crippen LogP contribution in [-0.4, -0.2) is 25.1 Å². The van der Waals surface area contributed by atoms with Gasteiger partial charge in [-0.25, -0.2) is 0 Å². The largest absolute Gasteiger partial charge is 0.504 e. The number of benzene rings is 2. The zero-order chi connectivity index (χ0) is 16.4. The summed E-state index contributed by atoms with van der Waals surface area (Å²) < 4.78 is 10.3. The molecule has 2 rings (SSSR count). The summed E-state index contributed by atoms with van der Waals surface area (Å²) in [5, 5.41) is 10.8. The number of hydrogen-bond donors (Lipinski definition) is 1. The highest BCUT2D eigenvalue weighted by molar-refractivity contribution is 6.44. The predicted octanol–water partition coefficient (Wildman–Crippen LogP) is 4.26. The molecule has 0 saturated carbocycles. The van der Waals surface area contributed by atoms with Crippen LogP contribution >= 0.6 is 23.2 Å². The minimum absolute atomic E-state index is 0.0922. The van der Waals surface area contributed by atoms with Crippen LogP contribution in [0.2, 0.25) is 10.0 Å². The molecular weight excluding hydrogens is 327 g/mol. The number of ether oxygens (including phenoxy) is 2. The molecular formula is C16H14Cl2O4. The number of carbonyl (C=O) groups is 1. The Balaban J connectivity index is 2.67. The van der Waals surface area contributed by atoms with Gasteiger partial charge in [0.25, 0.3) is 0 Å². The van der Waals surface area contributed by atoms with Gasteiger partial charge in [-0.05, 0) is 30.7 Å². The summed E-state index contributed by atoms with van der Waals surface area (Å²) >= 11 is 12.0. The van der Waals surface area contributed by atoms with Gasteiger partial charge in [-0.1, -0.05) is 29.3 Å². The fourth-order valence-corrected chi connectivity index (χ4v) is 2.59. The van der Waals surface area contributed by atoms with E-state index >= 15 is 0 Å². The molecule has 0 atom stereocenters. The molecule has 0 bridgehead atoms. The van der Waals surface area contributed by atoms with Crippen LogP contribution < -0.4 is 9.47 Å². The summed E-state index contributed by atoms with van der Waals surface area (Å²) in [5.74, 6) is -0.301. The zero-order valence-corrected chi connectivity index (χ0v) is 13.7. The van der Waals surface area contributed by atoms with Crippen molar-refractivity contribution in [2.45, 2.75) is 6.92 Å². The van der Waals surface area contributed by atoms with Gasteiger partial charge >= 0.3 is 0 Å².